The number of nitrogens with zero attached hydrogens (tertiary/aromatic N) is 5. The van der Waals surface area contributed by atoms with Crippen LogP contribution in [0.1, 0.15) is 6.92 Å². The van der Waals surface area contributed by atoms with Gasteiger partial charge in [-0.2, -0.15) is 5.10 Å². The number of aromatic nitrogens is 4. The average Bonchev–Trinajstić information content (AvgIpc) is 3.50. The molecule has 1 saturated heterocycles. The molecule has 6 rings (SSSR count). The van der Waals surface area contributed by atoms with Gasteiger partial charge in [0.2, 0.25) is 5.75 Å². The van der Waals surface area contributed by atoms with Crippen molar-refractivity contribution in [1.82, 2.24) is 18.7 Å². The van der Waals surface area contributed by atoms with E-state index in [2.05, 4.69) is 15.3 Å². The Morgan fingerprint density at radius 1 is 0.955 bits per heavy atom. The van der Waals surface area contributed by atoms with E-state index in [4.69, 9.17) is 14.2 Å². The number of carbonyl (C=O) groups is 1. The van der Waals surface area contributed by atoms with Gasteiger partial charge >= 0.3 is 17.3 Å². The third-order valence-corrected chi connectivity index (χ3v) is 6.98. The molecule has 0 unspecified atom stereocenters. The molecule has 0 spiro atoms. The zero-order chi connectivity index (χ0) is 30.8. The van der Waals surface area contributed by atoms with Crippen molar-refractivity contribution in [3.63, 3.8) is 0 Å². The van der Waals surface area contributed by atoms with Gasteiger partial charge in [0.25, 0.3) is 0 Å². The number of hydrogen-bond acceptors (Lipinski definition) is 8. The minimum absolute atomic E-state index is 0.0269. The van der Waals surface area contributed by atoms with Gasteiger partial charge in [0.05, 0.1) is 43.2 Å². The maximum absolute atomic E-state index is 15.2. The monoisotopic (exact) mass is 604 g/mol. The van der Waals surface area contributed by atoms with Crippen LogP contribution in [-0.2, 0) is 11.3 Å². The molecule has 0 atom stereocenters. The second kappa shape index (κ2) is 12.0. The van der Waals surface area contributed by atoms with Gasteiger partial charge in [-0.05, 0) is 49.4 Å². The summed E-state index contributed by atoms with van der Waals surface area (Å²) in [7, 11) is 0. The lowest BCUT2D eigenvalue weighted by Gasteiger charge is -2.29. The summed E-state index contributed by atoms with van der Waals surface area (Å²) in [6.45, 7) is 4.38. The highest BCUT2D eigenvalue weighted by Crippen LogP contribution is 2.33. The van der Waals surface area contributed by atoms with Crippen molar-refractivity contribution >= 4 is 23.0 Å². The highest BCUT2D eigenvalue weighted by Gasteiger charge is 2.19. The summed E-state index contributed by atoms with van der Waals surface area (Å²) in [6.07, 6.45) is 3.48. The van der Waals surface area contributed by atoms with Crippen LogP contribution in [-0.4, -0.2) is 51.1 Å². The van der Waals surface area contributed by atoms with Crippen LogP contribution in [0.2, 0.25) is 0 Å². The van der Waals surface area contributed by atoms with Crippen molar-refractivity contribution in [2.45, 2.75) is 13.5 Å². The number of anilines is 2. The van der Waals surface area contributed by atoms with Crippen LogP contribution >= 0.6 is 0 Å². The third kappa shape index (κ3) is 5.74. The largest absolute Gasteiger partial charge is 0.452 e. The number of rotatable bonds is 7. The molecule has 14 heteroatoms. The highest BCUT2D eigenvalue weighted by molar-refractivity contribution is 5.86. The molecule has 5 aromatic rings. The first-order chi connectivity index (χ1) is 21.3. The molecular weight excluding hydrogens is 578 g/mol. The Morgan fingerprint density at radius 2 is 1.73 bits per heavy atom. The van der Waals surface area contributed by atoms with E-state index in [-0.39, 0.29) is 23.7 Å². The van der Waals surface area contributed by atoms with E-state index < -0.39 is 34.7 Å². The van der Waals surface area contributed by atoms with E-state index in [0.717, 1.165) is 39.2 Å². The summed E-state index contributed by atoms with van der Waals surface area (Å²) in [5.41, 5.74) is -0.0317. The number of aryl methyl sites for hydroxylation is 1. The van der Waals surface area contributed by atoms with E-state index >= 15 is 4.39 Å². The number of hydrogen-bond donors (Lipinski definition) is 1. The molecule has 1 aliphatic heterocycles. The first-order valence-corrected chi connectivity index (χ1v) is 13.7. The van der Waals surface area contributed by atoms with Crippen molar-refractivity contribution in [2.24, 2.45) is 0 Å². The fourth-order valence-corrected chi connectivity index (χ4v) is 4.77. The number of morpholine rings is 1. The number of pyridine rings is 1. The van der Waals surface area contributed by atoms with Gasteiger partial charge in [0.1, 0.15) is 11.3 Å². The fourth-order valence-electron chi connectivity index (χ4n) is 4.77. The Hall–Kier alpha value is -5.50. The van der Waals surface area contributed by atoms with Gasteiger partial charge in [0, 0.05) is 37.5 Å². The Balaban J connectivity index is 1.21. The van der Waals surface area contributed by atoms with Gasteiger partial charge in [-0.1, -0.05) is 0 Å². The van der Waals surface area contributed by atoms with Crippen LogP contribution in [0.4, 0.5) is 25.0 Å². The minimum atomic E-state index is -1.10. The number of amides is 1. The van der Waals surface area contributed by atoms with E-state index in [1.165, 1.54) is 24.3 Å². The van der Waals surface area contributed by atoms with E-state index in [1.54, 1.807) is 29.8 Å². The molecule has 226 valence electrons. The van der Waals surface area contributed by atoms with E-state index in [9.17, 15) is 18.8 Å². The maximum Gasteiger partial charge on any atom is 0.417 e. The topological polar surface area (TPSA) is 121 Å². The lowest BCUT2D eigenvalue weighted by Crippen LogP contribution is -2.39. The molecule has 0 aliphatic carbocycles. The van der Waals surface area contributed by atoms with Crippen molar-refractivity contribution in [1.29, 1.82) is 0 Å². The van der Waals surface area contributed by atoms with E-state index in [0.29, 0.717) is 37.6 Å². The molecule has 44 heavy (non-hydrogen) atoms. The highest BCUT2D eigenvalue weighted by atomic mass is 19.1. The summed E-state index contributed by atoms with van der Waals surface area (Å²) >= 11 is 0. The Labute approximate surface area is 248 Å². The standard InChI is InChI=1S/C30H26F2N6O6/c1-2-35-18-27(28(39)38(30(35)41)21-6-3-19(31)4-7-21)44-29(40)34-20-5-8-25(23(32)15-20)43-26-16-22(36-11-13-42-14-12-36)17-37-24(26)9-10-33-37/h3-10,15-18H,2,11-14H2,1H3,(H,34,40). The van der Waals surface area contributed by atoms with Crippen LogP contribution in [0.5, 0.6) is 17.2 Å². The molecule has 12 nitrogen and oxygen atoms in total. The normalized spacial score (nSPS) is 13.2. The second-order valence-corrected chi connectivity index (χ2v) is 9.76. The summed E-state index contributed by atoms with van der Waals surface area (Å²) in [6, 6.07) is 12.0. The summed E-state index contributed by atoms with van der Waals surface area (Å²) in [5, 5.41) is 6.67. The Morgan fingerprint density at radius 3 is 2.45 bits per heavy atom. The molecule has 1 amide bonds. The molecule has 0 radical (unpaired) electrons. The summed E-state index contributed by atoms with van der Waals surface area (Å²) < 4.78 is 48.8. The molecule has 0 saturated carbocycles. The van der Waals surface area contributed by atoms with Crippen molar-refractivity contribution in [3.8, 4) is 22.9 Å². The summed E-state index contributed by atoms with van der Waals surface area (Å²) in [5.74, 6) is -1.49. The Kier molecular flexibility index (Phi) is 7.81. The first kappa shape index (κ1) is 28.6. The molecule has 4 heterocycles. The van der Waals surface area contributed by atoms with Gasteiger partial charge < -0.3 is 19.1 Å². The van der Waals surface area contributed by atoms with Crippen molar-refractivity contribution < 1.29 is 27.8 Å². The molecular formula is C30H26F2N6O6. The molecule has 3 aromatic heterocycles. The SMILES string of the molecule is CCn1cc(OC(=O)Nc2ccc(Oc3cc(N4CCOCC4)cn4nccc34)c(F)c2)c(=O)n(-c2ccc(F)cc2)c1=O. The predicted molar refractivity (Wildman–Crippen MR) is 156 cm³/mol. The number of carbonyl (C=O) groups excluding carboxylic acids is 1. The third-order valence-electron chi connectivity index (χ3n) is 6.98. The van der Waals surface area contributed by atoms with Crippen LogP contribution in [0.25, 0.3) is 11.2 Å². The Bertz CT molecular complexity index is 1960. The van der Waals surface area contributed by atoms with E-state index in [1.807, 2.05) is 6.20 Å². The lowest BCUT2D eigenvalue weighted by atomic mass is 10.2. The molecule has 1 fully saturated rings. The zero-order valence-corrected chi connectivity index (χ0v) is 23.4. The van der Waals surface area contributed by atoms with Crippen LogP contribution in [0.3, 0.4) is 0 Å². The zero-order valence-electron chi connectivity index (χ0n) is 23.4. The summed E-state index contributed by atoms with van der Waals surface area (Å²) in [4.78, 5) is 40.7. The molecule has 0 bridgehead atoms. The maximum atomic E-state index is 15.2. The average molecular weight is 605 g/mol. The number of ether oxygens (including phenoxy) is 3. The van der Waals surface area contributed by atoms with Gasteiger partial charge in [-0.25, -0.2) is 27.5 Å². The molecule has 1 aliphatic rings. The van der Waals surface area contributed by atoms with Gasteiger partial charge in [0.15, 0.2) is 17.3 Å². The fraction of sp³-hybridized carbons (Fsp3) is 0.200. The van der Waals surface area contributed by atoms with Crippen molar-refractivity contribution in [2.75, 3.05) is 36.5 Å². The number of halogens is 2. The molecule has 1 N–H and O–H groups in total. The number of benzene rings is 2. The number of fused-ring (bicyclic) bond motifs is 1. The van der Waals surface area contributed by atoms with Gasteiger partial charge in [-0.3, -0.25) is 14.7 Å². The van der Waals surface area contributed by atoms with Crippen molar-refractivity contribution in [3.05, 3.63) is 106 Å². The number of nitrogens with one attached hydrogen (secondary N) is 1. The predicted octanol–water partition coefficient (Wildman–Crippen LogP) is 4.18. The smallest absolute Gasteiger partial charge is 0.417 e. The second-order valence-electron chi connectivity index (χ2n) is 9.76. The van der Waals surface area contributed by atoms with Crippen LogP contribution < -0.4 is 30.9 Å². The first-order valence-electron chi connectivity index (χ1n) is 13.7. The molecule has 2 aromatic carbocycles. The lowest BCUT2D eigenvalue weighted by molar-refractivity contribution is 0.122. The minimum Gasteiger partial charge on any atom is -0.452 e. The quantitative estimate of drug-likeness (QED) is 0.294. The van der Waals surface area contributed by atoms with Gasteiger partial charge in [-0.15, -0.1) is 0 Å². The van der Waals surface area contributed by atoms with Crippen LogP contribution in [0.15, 0.2) is 82.8 Å². The van der Waals surface area contributed by atoms with Crippen LogP contribution in [0, 0.1) is 11.6 Å².